The Morgan fingerprint density at radius 3 is 2.81 bits per heavy atom. The number of pyridine rings is 1. The van der Waals surface area contributed by atoms with Crippen molar-refractivity contribution in [2.45, 2.75) is 6.04 Å². The molecule has 1 aromatic carbocycles. The predicted octanol–water partition coefficient (Wildman–Crippen LogP) is 2.91. The van der Waals surface area contributed by atoms with Gasteiger partial charge in [0.2, 0.25) is 11.8 Å². The maximum Gasteiger partial charge on any atom is 0.238 e. The van der Waals surface area contributed by atoms with Gasteiger partial charge < -0.3 is 20.5 Å². The standard InChI is InChI=1S/C19H17N5O2/c25-11-16(12-5-2-1-3-6-12)23-19-22-15(18(26)24-19)9-13-10-21-17-14(13)7-4-8-20-17/h1-10,16,25-26H,11H2,(H2,22,23,24). The van der Waals surface area contributed by atoms with Gasteiger partial charge in [-0.15, -0.1) is 0 Å². The number of nitrogens with zero attached hydrogens (tertiary/aromatic N) is 3. The summed E-state index contributed by atoms with van der Waals surface area (Å²) >= 11 is 0. The van der Waals surface area contributed by atoms with Crippen LogP contribution in [0.15, 0.2) is 53.7 Å². The van der Waals surface area contributed by atoms with E-state index in [2.05, 4.69) is 25.3 Å². The first-order chi connectivity index (χ1) is 12.7. The fourth-order valence-corrected chi connectivity index (χ4v) is 2.83. The molecule has 26 heavy (non-hydrogen) atoms. The van der Waals surface area contributed by atoms with Crippen LogP contribution in [0.5, 0.6) is 5.88 Å². The Morgan fingerprint density at radius 2 is 2.00 bits per heavy atom. The number of allylic oxidation sites excluding steroid dienone is 1. The van der Waals surface area contributed by atoms with Crippen molar-refractivity contribution in [2.24, 2.45) is 4.99 Å². The molecule has 130 valence electrons. The van der Waals surface area contributed by atoms with Crippen LogP contribution >= 0.6 is 0 Å². The summed E-state index contributed by atoms with van der Waals surface area (Å²) in [6, 6.07) is 13.0. The Kier molecular flexibility index (Phi) is 4.20. The van der Waals surface area contributed by atoms with Gasteiger partial charge in [-0.3, -0.25) is 0 Å². The van der Waals surface area contributed by atoms with Crippen LogP contribution in [0.2, 0.25) is 0 Å². The van der Waals surface area contributed by atoms with E-state index in [1.807, 2.05) is 42.5 Å². The van der Waals surface area contributed by atoms with Crippen molar-refractivity contribution >= 4 is 29.6 Å². The molecule has 0 saturated heterocycles. The number of anilines is 1. The molecule has 2 aromatic heterocycles. The molecule has 1 unspecified atom stereocenters. The number of aromatic nitrogens is 3. The molecule has 1 aliphatic heterocycles. The zero-order chi connectivity index (χ0) is 17.9. The number of H-pyrrole nitrogens is 1. The number of aliphatic imine (C=N–C) groups is 1. The molecule has 3 aromatic rings. The van der Waals surface area contributed by atoms with Gasteiger partial charge in [0.25, 0.3) is 0 Å². The van der Waals surface area contributed by atoms with Crippen LogP contribution < -0.4 is 5.32 Å². The minimum absolute atomic E-state index is 0.104. The molecule has 3 heterocycles. The summed E-state index contributed by atoms with van der Waals surface area (Å²) in [5.74, 6) is 0.898. The van der Waals surface area contributed by atoms with Gasteiger partial charge in [-0.25, -0.2) is 9.98 Å². The molecule has 0 spiro atoms. The molecule has 0 aliphatic carbocycles. The molecule has 0 bridgehead atoms. The molecule has 0 fully saturated rings. The van der Waals surface area contributed by atoms with E-state index >= 15 is 0 Å². The third kappa shape index (κ3) is 3.07. The largest absolute Gasteiger partial charge is 0.492 e. The number of aromatic hydroxyl groups is 1. The van der Waals surface area contributed by atoms with Crippen LogP contribution in [-0.2, 0) is 0 Å². The molecule has 4 rings (SSSR count). The van der Waals surface area contributed by atoms with Crippen molar-refractivity contribution in [3.63, 3.8) is 0 Å². The SMILES string of the molecule is OCC(Nc1nc(O)c(C=C2C=Nc3ncccc32)[nH]1)c1ccccc1. The van der Waals surface area contributed by atoms with Gasteiger partial charge in [0.05, 0.1) is 12.6 Å². The molecule has 7 heteroatoms. The third-order valence-electron chi connectivity index (χ3n) is 4.13. The molecule has 1 aliphatic rings. The summed E-state index contributed by atoms with van der Waals surface area (Å²) in [6.07, 6.45) is 5.15. The van der Waals surface area contributed by atoms with Crippen LogP contribution in [0.1, 0.15) is 22.9 Å². The van der Waals surface area contributed by atoms with E-state index in [-0.39, 0.29) is 18.5 Å². The summed E-state index contributed by atoms with van der Waals surface area (Å²) in [6.45, 7) is -0.104. The smallest absolute Gasteiger partial charge is 0.238 e. The maximum atomic E-state index is 10.1. The Balaban J connectivity index is 1.59. The van der Waals surface area contributed by atoms with Crippen LogP contribution in [0.3, 0.4) is 0 Å². The highest BCUT2D eigenvalue weighted by molar-refractivity contribution is 6.20. The van der Waals surface area contributed by atoms with Gasteiger partial charge in [-0.2, -0.15) is 4.98 Å². The lowest BCUT2D eigenvalue weighted by atomic mass is 10.1. The number of aromatic amines is 1. The fraction of sp³-hybridized carbons (Fsp3) is 0.105. The Morgan fingerprint density at radius 1 is 1.15 bits per heavy atom. The second-order valence-corrected chi connectivity index (χ2v) is 5.85. The number of aliphatic hydroxyl groups is 1. The lowest BCUT2D eigenvalue weighted by Crippen LogP contribution is -2.15. The molecule has 1 atom stereocenters. The Bertz CT molecular complexity index is 979. The fourth-order valence-electron chi connectivity index (χ4n) is 2.83. The monoisotopic (exact) mass is 347 g/mol. The highest BCUT2D eigenvalue weighted by Crippen LogP contribution is 2.32. The first kappa shape index (κ1) is 16.0. The number of imidazole rings is 1. The van der Waals surface area contributed by atoms with E-state index in [0.29, 0.717) is 17.5 Å². The zero-order valence-electron chi connectivity index (χ0n) is 13.8. The van der Waals surface area contributed by atoms with Gasteiger partial charge in [-0.05, 0) is 23.8 Å². The number of aliphatic hydroxyl groups excluding tert-OH is 1. The molecular weight excluding hydrogens is 330 g/mol. The average Bonchev–Trinajstić information content (AvgIpc) is 3.24. The number of fused-ring (bicyclic) bond motifs is 1. The van der Waals surface area contributed by atoms with Gasteiger partial charge in [-0.1, -0.05) is 30.3 Å². The second kappa shape index (κ2) is 6.81. The van der Waals surface area contributed by atoms with E-state index in [9.17, 15) is 10.2 Å². The number of benzene rings is 1. The normalized spacial score (nSPS) is 15.2. The van der Waals surface area contributed by atoms with Gasteiger partial charge in [0.15, 0.2) is 5.82 Å². The first-order valence-electron chi connectivity index (χ1n) is 8.17. The number of rotatable bonds is 5. The van der Waals surface area contributed by atoms with E-state index in [4.69, 9.17) is 0 Å². The quantitative estimate of drug-likeness (QED) is 0.568. The van der Waals surface area contributed by atoms with Gasteiger partial charge in [0.1, 0.15) is 5.69 Å². The molecular formula is C19H17N5O2. The highest BCUT2D eigenvalue weighted by Gasteiger charge is 2.17. The molecule has 0 saturated carbocycles. The summed E-state index contributed by atoms with van der Waals surface area (Å²) in [5, 5.41) is 22.9. The first-order valence-corrected chi connectivity index (χ1v) is 8.17. The number of hydrogen-bond donors (Lipinski definition) is 4. The van der Waals surface area contributed by atoms with Crippen molar-refractivity contribution in [3.05, 3.63) is 65.5 Å². The molecule has 4 N–H and O–H groups in total. The van der Waals surface area contributed by atoms with Gasteiger partial charge in [0, 0.05) is 23.5 Å². The van der Waals surface area contributed by atoms with E-state index in [1.54, 1.807) is 18.5 Å². The van der Waals surface area contributed by atoms with E-state index in [1.165, 1.54) is 0 Å². The summed E-state index contributed by atoms with van der Waals surface area (Å²) in [5.41, 5.74) is 3.11. The number of hydrogen-bond acceptors (Lipinski definition) is 6. The van der Waals surface area contributed by atoms with Crippen molar-refractivity contribution < 1.29 is 10.2 Å². The Hall–Kier alpha value is -3.45. The summed E-state index contributed by atoms with van der Waals surface area (Å²) in [7, 11) is 0. The summed E-state index contributed by atoms with van der Waals surface area (Å²) in [4.78, 5) is 15.6. The minimum Gasteiger partial charge on any atom is -0.492 e. The topological polar surface area (TPSA) is 106 Å². The Labute approximate surface area is 149 Å². The van der Waals surface area contributed by atoms with Crippen LogP contribution in [0.4, 0.5) is 11.8 Å². The molecule has 0 radical (unpaired) electrons. The average molecular weight is 347 g/mol. The highest BCUT2D eigenvalue weighted by atomic mass is 16.3. The van der Waals surface area contributed by atoms with Crippen LogP contribution in [-0.4, -0.2) is 38.0 Å². The lowest BCUT2D eigenvalue weighted by Gasteiger charge is -2.15. The predicted molar refractivity (Wildman–Crippen MR) is 100 cm³/mol. The second-order valence-electron chi connectivity index (χ2n) is 5.85. The van der Waals surface area contributed by atoms with Crippen molar-refractivity contribution in [1.29, 1.82) is 0 Å². The molecule has 7 nitrogen and oxygen atoms in total. The summed E-state index contributed by atoms with van der Waals surface area (Å²) < 4.78 is 0. The lowest BCUT2D eigenvalue weighted by molar-refractivity contribution is 0.276. The van der Waals surface area contributed by atoms with Gasteiger partial charge >= 0.3 is 0 Å². The minimum atomic E-state index is -0.333. The van der Waals surface area contributed by atoms with E-state index < -0.39 is 0 Å². The van der Waals surface area contributed by atoms with E-state index in [0.717, 1.165) is 16.7 Å². The third-order valence-corrected chi connectivity index (χ3v) is 4.13. The van der Waals surface area contributed by atoms with Crippen molar-refractivity contribution in [2.75, 3.05) is 11.9 Å². The molecule has 0 amide bonds. The number of nitrogens with one attached hydrogen (secondary N) is 2. The zero-order valence-corrected chi connectivity index (χ0v) is 13.8. The van der Waals surface area contributed by atoms with Crippen LogP contribution in [0.25, 0.3) is 11.6 Å². The van der Waals surface area contributed by atoms with Crippen molar-refractivity contribution in [3.8, 4) is 5.88 Å². The van der Waals surface area contributed by atoms with Crippen molar-refractivity contribution in [1.82, 2.24) is 15.0 Å². The van der Waals surface area contributed by atoms with Crippen LogP contribution in [0, 0.1) is 0 Å². The maximum absolute atomic E-state index is 10.1.